The molecule has 1 aliphatic rings. The average Bonchev–Trinajstić information content (AvgIpc) is 3.40. The third kappa shape index (κ3) is 4.13. The SMILES string of the molecule is Cc1ccc(-c2nc(CN3C(=O)[C@@H](c4ccccc4)N(Cc4ccccc4)C3=O)no2)cc1. The molecule has 33 heavy (non-hydrogen) atoms. The lowest BCUT2D eigenvalue weighted by atomic mass is 10.1. The van der Waals surface area contributed by atoms with Gasteiger partial charge in [-0.3, -0.25) is 9.69 Å². The molecular formula is C26H22N4O3. The van der Waals surface area contributed by atoms with Crippen molar-refractivity contribution in [2.24, 2.45) is 0 Å². The molecule has 1 saturated heterocycles. The van der Waals surface area contributed by atoms with Gasteiger partial charge in [0.05, 0.1) is 6.54 Å². The van der Waals surface area contributed by atoms with Crippen LogP contribution in [-0.2, 0) is 17.9 Å². The van der Waals surface area contributed by atoms with Gasteiger partial charge >= 0.3 is 6.03 Å². The number of carbonyl (C=O) groups excluding carboxylic acids is 2. The van der Waals surface area contributed by atoms with Crippen molar-refractivity contribution in [2.75, 3.05) is 0 Å². The number of aromatic nitrogens is 2. The number of benzene rings is 3. The molecule has 3 aromatic carbocycles. The first kappa shape index (κ1) is 20.6. The molecule has 0 unspecified atom stereocenters. The highest BCUT2D eigenvalue weighted by Gasteiger charge is 2.46. The van der Waals surface area contributed by atoms with Crippen molar-refractivity contribution in [2.45, 2.75) is 26.1 Å². The van der Waals surface area contributed by atoms with Gasteiger partial charge in [0.2, 0.25) is 0 Å². The van der Waals surface area contributed by atoms with Crippen LogP contribution in [0.4, 0.5) is 4.79 Å². The Bertz CT molecular complexity index is 1270. The number of hydrogen-bond donors (Lipinski definition) is 0. The summed E-state index contributed by atoms with van der Waals surface area (Å²) in [5.41, 5.74) is 3.62. The van der Waals surface area contributed by atoms with Crippen LogP contribution in [0.3, 0.4) is 0 Å². The number of carbonyl (C=O) groups is 2. The van der Waals surface area contributed by atoms with Crippen LogP contribution >= 0.6 is 0 Å². The predicted octanol–water partition coefficient (Wildman–Crippen LogP) is 4.75. The number of nitrogens with zero attached hydrogens (tertiary/aromatic N) is 4. The first-order valence-corrected chi connectivity index (χ1v) is 10.7. The van der Waals surface area contributed by atoms with Gasteiger partial charge in [0.15, 0.2) is 5.82 Å². The number of amides is 3. The molecule has 1 aromatic heterocycles. The van der Waals surface area contributed by atoms with Crippen LogP contribution in [0.2, 0.25) is 0 Å². The molecule has 7 nitrogen and oxygen atoms in total. The lowest BCUT2D eigenvalue weighted by molar-refractivity contribution is -0.129. The number of urea groups is 1. The van der Waals surface area contributed by atoms with Crippen molar-refractivity contribution in [3.05, 3.63) is 107 Å². The maximum atomic E-state index is 13.4. The summed E-state index contributed by atoms with van der Waals surface area (Å²) in [6, 6.07) is 25.6. The monoisotopic (exact) mass is 438 g/mol. The maximum absolute atomic E-state index is 13.4. The van der Waals surface area contributed by atoms with E-state index in [0.717, 1.165) is 22.3 Å². The Hall–Kier alpha value is -4.26. The van der Waals surface area contributed by atoms with E-state index in [0.29, 0.717) is 12.4 Å². The molecule has 0 N–H and O–H groups in total. The van der Waals surface area contributed by atoms with E-state index >= 15 is 0 Å². The van der Waals surface area contributed by atoms with E-state index in [9.17, 15) is 9.59 Å². The smallest absolute Gasteiger partial charge is 0.328 e. The normalized spacial score (nSPS) is 16.0. The molecule has 1 fully saturated rings. The topological polar surface area (TPSA) is 79.5 Å². The fourth-order valence-corrected chi connectivity index (χ4v) is 3.96. The Balaban J connectivity index is 1.42. The molecule has 1 atom stereocenters. The summed E-state index contributed by atoms with van der Waals surface area (Å²) >= 11 is 0. The molecule has 0 radical (unpaired) electrons. The van der Waals surface area contributed by atoms with E-state index in [1.807, 2.05) is 91.9 Å². The molecule has 4 aromatic rings. The van der Waals surface area contributed by atoms with E-state index in [1.54, 1.807) is 4.90 Å². The Morgan fingerprint density at radius 2 is 1.52 bits per heavy atom. The van der Waals surface area contributed by atoms with Crippen LogP contribution < -0.4 is 0 Å². The first-order chi connectivity index (χ1) is 16.1. The lowest BCUT2D eigenvalue weighted by Crippen LogP contribution is -2.32. The Kier molecular flexibility index (Phi) is 5.44. The summed E-state index contributed by atoms with van der Waals surface area (Å²) in [5.74, 6) is 0.328. The van der Waals surface area contributed by atoms with Crippen molar-refractivity contribution in [3.8, 4) is 11.5 Å². The van der Waals surface area contributed by atoms with Crippen molar-refractivity contribution in [1.82, 2.24) is 19.9 Å². The van der Waals surface area contributed by atoms with Crippen LogP contribution in [0.25, 0.3) is 11.5 Å². The summed E-state index contributed by atoms with van der Waals surface area (Å²) in [6.07, 6.45) is 0. The fourth-order valence-electron chi connectivity index (χ4n) is 3.96. The molecule has 5 rings (SSSR count). The molecular weight excluding hydrogens is 416 g/mol. The van der Waals surface area contributed by atoms with Gasteiger partial charge in [-0.1, -0.05) is 83.5 Å². The van der Waals surface area contributed by atoms with E-state index in [-0.39, 0.29) is 24.3 Å². The quantitative estimate of drug-likeness (QED) is 0.406. The molecule has 3 amide bonds. The second-order valence-electron chi connectivity index (χ2n) is 8.02. The third-order valence-corrected chi connectivity index (χ3v) is 5.67. The van der Waals surface area contributed by atoms with Crippen molar-refractivity contribution >= 4 is 11.9 Å². The highest BCUT2D eigenvalue weighted by molar-refractivity contribution is 6.04. The Morgan fingerprint density at radius 3 is 2.21 bits per heavy atom. The Labute approximate surface area is 191 Å². The summed E-state index contributed by atoms with van der Waals surface area (Å²) in [5, 5.41) is 4.00. The zero-order chi connectivity index (χ0) is 22.8. The van der Waals surface area contributed by atoms with Gasteiger partial charge in [-0.2, -0.15) is 4.98 Å². The number of rotatable bonds is 6. The molecule has 164 valence electrons. The van der Waals surface area contributed by atoms with Gasteiger partial charge in [0.1, 0.15) is 6.04 Å². The van der Waals surface area contributed by atoms with Crippen LogP contribution in [0.5, 0.6) is 0 Å². The Morgan fingerprint density at radius 1 is 0.848 bits per heavy atom. The highest BCUT2D eigenvalue weighted by Crippen LogP contribution is 2.33. The molecule has 0 bridgehead atoms. The van der Waals surface area contributed by atoms with E-state index in [2.05, 4.69) is 10.1 Å². The molecule has 7 heteroatoms. The van der Waals surface area contributed by atoms with E-state index in [1.165, 1.54) is 4.90 Å². The molecule has 0 aliphatic carbocycles. The van der Waals surface area contributed by atoms with Crippen LogP contribution in [0, 0.1) is 6.92 Å². The van der Waals surface area contributed by atoms with Gasteiger partial charge in [-0.25, -0.2) is 4.79 Å². The van der Waals surface area contributed by atoms with Crippen LogP contribution in [0.1, 0.15) is 28.6 Å². The number of aryl methyl sites for hydroxylation is 1. The zero-order valence-electron chi connectivity index (χ0n) is 18.1. The minimum atomic E-state index is -0.706. The van der Waals surface area contributed by atoms with Crippen molar-refractivity contribution in [1.29, 1.82) is 0 Å². The molecule has 2 heterocycles. The zero-order valence-corrected chi connectivity index (χ0v) is 18.1. The average molecular weight is 438 g/mol. The predicted molar refractivity (Wildman–Crippen MR) is 122 cm³/mol. The molecule has 0 spiro atoms. The summed E-state index contributed by atoms with van der Waals surface area (Å²) in [4.78, 5) is 34.0. The molecule has 0 saturated carbocycles. The lowest BCUT2D eigenvalue weighted by Gasteiger charge is -2.22. The van der Waals surface area contributed by atoms with Gasteiger partial charge < -0.3 is 9.42 Å². The van der Waals surface area contributed by atoms with Crippen LogP contribution in [0.15, 0.2) is 89.5 Å². The van der Waals surface area contributed by atoms with E-state index in [4.69, 9.17) is 4.52 Å². The largest absolute Gasteiger partial charge is 0.334 e. The second kappa shape index (κ2) is 8.70. The van der Waals surface area contributed by atoms with E-state index < -0.39 is 6.04 Å². The highest BCUT2D eigenvalue weighted by atomic mass is 16.5. The minimum Gasteiger partial charge on any atom is -0.334 e. The minimum absolute atomic E-state index is 0.0539. The van der Waals surface area contributed by atoms with Crippen molar-refractivity contribution < 1.29 is 14.1 Å². The van der Waals surface area contributed by atoms with Gasteiger partial charge in [-0.15, -0.1) is 0 Å². The fraction of sp³-hybridized carbons (Fsp3) is 0.154. The second-order valence-corrected chi connectivity index (χ2v) is 8.02. The number of hydrogen-bond acceptors (Lipinski definition) is 5. The molecule has 1 aliphatic heterocycles. The maximum Gasteiger partial charge on any atom is 0.328 e. The summed E-state index contributed by atoms with van der Waals surface area (Å²) in [7, 11) is 0. The number of imide groups is 1. The third-order valence-electron chi connectivity index (χ3n) is 5.67. The van der Waals surface area contributed by atoms with Crippen LogP contribution in [-0.4, -0.2) is 31.9 Å². The first-order valence-electron chi connectivity index (χ1n) is 10.7. The van der Waals surface area contributed by atoms with Crippen molar-refractivity contribution in [3.63, 3.8) is 0 Å². The van der Waals surface area contributed by atoms with Gasteiger partial charge in [-0.05, 0) is 30.2 Å². The van der Waals surface area contributed by atoms with Gasteiger partial charge in [0.25, 0.3) is 11.8 Å². The summed E-state index contributed by atoms with van der Waals surface area (Å²) < 4.78 is 5.38. The summed E-state index contributed by atoms with van der Waals surface area (Å²) in [6.45, 7) is 2.27. The standard InChI is InChI=1S/C26H22N4O3/c1-18-12-14-21(15-13-18)24-27-22(28-33-24)17-30-25(31)23(20-10-6-3-7-11-20)29(26(30)32)16-19-8-4-2-5-9-19/h2-15,23H,16-17H2,1H3/t23-/m1/s1. The van der Waals surface area contributed by atoms with Gasteiger partial charge in [0, 0.05) is 12.1 Å².